The van der Waals surface area contributed by atoms with Crippen molar-refractivity contribution in [1.29, 1.82) is 0 Å². The van der Waals surface area contributed by atoms with Gasteiger partial charge in [0.05, 0.1) is 19.8 Å². The van der Waals surface area contributed by atoms with Crippen molar-refractivity contribution in [1.82, 2.24) is 20.2 Å². The summed E-state index contributed by atoms with van der Waals surface area (Å²) < 4.78 is 11.4. The zero-order valence-electron chi connectivity index (χ0n) is 17.9. The second kappa shape index (κ2) is 9.33. The van der Waals surface area contributed by atoms with Crippen LogP contribution in [-0.4, -0.2) is 72.0 Å². The van der Waals surface area contributed by atoms with Gasteiger partial charge in [-0.2, -0.15) is 15.0 Å². The average Bonchev–Trinajstić information content (AvgIpc) is 3.22. The van der Waals surface area contributed by atoms with Gasteiger partial charge in [-0.05, 0) is 36.8 Å². The van der Waals surface area contributed by atoms with Gasteiger partial charge < -0.3 is 14.8 Å². The van der Waals surface area contributed by atoms with Gasteiger partial charge in [-0.1, -0.05) is 18.2 Å². The number of guanidine groups is 2. The Morgan fingerprint density at radius 3 is 2.91 bits per heavy atom. The normalized spacial score (nSPS) is 20.6. The van der Waals surface area contributed by atoms with Crippen LogP contribution in [-0.2, 0) is 15.9 Å². The smallest absolute Gasteiger partial charge is 0.318 e. The Labute approximate surface area is 186 Å². The number of hydrogen-bond acceptors (Lipinski definition) is 10. The quantitative estimate of drug-likeness (QED) is 0.737. The summed E-state index contributed by atoms with van der Waals surface area (Å²) in [5, 5.41) is 13.0. The van der Waals surface area contributed by atoms with E-state index in [1.165, 1.54) is 5.56 Å². The number of morpholine rings is 1. The van der Waals surface area contributed by atoms with Gasteiger partial charge in [0.1, 0.15) is 0 Å². The van der Waals surface area contributed by atoms with E-state index in [2.05, 4.69) is 44.6 Å². The van der Waals surface area contributed by atoms with E-state index in [1.54, 1.807) is 11.2 Å². The van der Waals surface area contributed by atoms with Crippen LogP contribution in [0.15, 0.2) is 63.7 Å². The van der Waals surface area contributed by atoms with Crippen LogP contribution in [0.4, 0.5) is 5.69 Å². The third kappa shape index (κ3) is 4.71. The number of ether oxygens (including phenoxy) is 2. The van der Waals surface area contributed by atoms with Crippen LogP contribution in [0.2, 0.25) is 0 Å². The van der Waals surface area contributed by atoms with E-state index in [4.69, 9.17) is 19.6 Å². The third-order valence-corrected chi connectivity index (χ3v) is 5.27. The van der Waals surface area contributed by atoms with E-state index in [-0.39, 0.29) is 6.29 Å². The van der Waals surface area contributed by atoms with Gasteiger partial charge in [-0.15, -0.1) is 5.10 Å². The molecule has 3 aliphatic heterocycles. The number of aromatic nitrogens is 1. The first-order valence-corrected chi connectivity index (χ1v) is 10.7. The molecule has 2 aromatic rings. The van der Waals surface area contributed by atoms with Crippen LogP contribution in [0.5, 0.6) is 0 Å². The molecule has 4 heterocycles. The van der Waals surface area contributed by atoms with Crippen molar-refractivity contribution in [2.24, 2.45) is 15.1 Å². The van der Waals surface area contributed by atoms with Crippen LogP contribution >= 0.6 is 0 Å². The van der Waals surface area contributed by atoms with Gasteiger partial charge in [0, 0.05) is 37.1 Å². The summed E-state index contributed by atoms with van der Waals surface area (Å²) in [6.07, 6.45) is 2.11. The van der Waals surface area contributed by atoms with Crippen LogP contribution in [0.3, 0.4) is 0 Å². The van der Waals surface area contributed by atoms with Gasteiger partial charge >= 0.3 is 6.02 Å². The summed E-state index contributed by atoms with van der Waals surface area (Å²) in [5.74, 6) is 1.18. The predicted octanol–water partition coefficient (Wildman–Crippen LogP) is 1.58. The summed E-state index contributed by atoms with van der Waals surface area (Å²) in [6.45, 7) is 5.34. The molecule has 166 valence electrons. The van der Waals surface area contributed by atoms with E-state index in [0.29, 0.717) is 44.2 Å². The number of anilines is 1. The Morgan fingerprint density at radius 2 is 2.09 bits per heavy atom. The number of hydrazone groups is 1. The summed E-state index contributed by atoms with van der Waals surface area (Å²) in [6, 6.07) is 14.3. The summed E-state index contributed by atoms with van der Waals surface area (Å²) in [7, 11) is 0. The molecule has 0 radical (unpaired) electrons. The minimum Gasteiger partial charge on any atom is -0.463 e. The standard InChI is InChI=1S/C22H26N8O2/c1-16-5-4-7-18(15-16)24-19-25-20-26-21(32-12-8-17-6-2-3-9-23-17)27-22(30(20)28-19)29-10-13-31-14-11-29/h2-7,9,15,22H,8,10-14H2,1H3,(H2,24,25,26,27,28). The zero-order valence-corrected chi connectivity index (χ0v) is 17.9. The molecule has 0 amide bonds. The number of aliphatic imine (C=N–C) groups is 2. The lowest BCUT2D eigenvalue weighted by Crippen LogP contribution is -2.54. The summed E-state index contributed by atoms with van der Waals surface area (Å²) in [4.78, 5) is 15.8. The van der Waals surface area contributed by atoms with Crippen LogP contribution in [0.1, 0.15) is 11.3 Å². The molecule has 0 bridgehead atoms. The highest BCUT2D eigenvalue weighted by Gasteiger charge is 2.37. The molecule has 1 aromatic carbocycles. The highest BCUT2D eigenvalue weighted by Crippen LogP contribution is 2.20. The molecule has 3 aliphatic rings. The third-order valence-electron chi connectivity index (χ3n) is 5.27. The Bertz CT molecular complexity index is 1030. The minimum atomic E-state index is -0.347. The predicted molar refractivity (Wildman–Crippen MR) is 122 cm³/mol. The molecule has 10 heteroatoms. The molecule has 0 aliphatic carbocycles. The highest BCUT2D eigenvalue weighted by molar-refractivity contribution is 6.11. The maximum atomic E-state index is 5.91. The molecule has 10 nitrogen and oxygen atoms in total. The average molecular weight is 435 g/mol. The van der Waals surface area contributed by atoms with Crippen molar-refractivity contribution in [3.8, 4) is 0 Å². The second-order valence-corrected chi connectivity index (χ2v) is 7.67. The zero-order chi connectivity index (χ0) is 21.8. The lowest BCUT2D eigenvalue weighted by atomic mass is 10.2. The molecule has 1 atom stereocenters. The SMILES string of the molecule is Cc1cccc(NC2=NN3C(=NC(OCCc4ccccn4)=NC3N3CCOCC3)N2)c1. The first-order valence-electron chi connectivity index (χ1n) is 10.7. The molecule has 32 heavy (non-hydrogen) atoms. The molecule has 0 spiro atoms. The number of aryl methyl sites for hydroxylation is 1. The maximum absolute atomic E-state index is 5.91. The first-order chi connectivity index (χ1) is 15.7. The fourth-order valence-corrected chi connectivity index (χ4v) is 3.68. The Kier molecular flexibility index (Phi) is 5.95. The van der Waals surface area contributed by atoms with Crippen molar-refractivity contribution in [2.75, 3.05) is 38.2 Å². The lowest BCUT2D eigenvalue weighted by Gasteiger charge is -2.36. The fourth-order valence-electron chi connectivity index (χ4n) is 3.68. The van der Waals surface area contributed by atoms with E-state index < -0.39 is 0 Å². The van der Waals surface area contributed by atoms with E-state index in [9.17, 15) is 0 Å². The van der Waals surface area contributed by atoms with Crippen LogP contribution < -0.4 is 10.6 Å². The van der Waals surface area contributed by atoms with Gasteiger partial charge in [0.25, 0.3) is 0 Å². The molecular formula is C22H26N8O2. The number of pyridine rings is 1. The van der Waals surface area contributed by atoms with E-state index >= 15 is 0 Å². The van der Waals surface area contributed by atoms with E-state index in [1.807, 2.05) is 30.3 Å². The largest absolute Gasteiger partial charge is 0.463 e. The molecule has 1 saturated heterocycles. The molecule has 0 saturated carbocycles. The topological polar surface area (TPSA) is 99.0 Å². The van der Waals surface area contributed by atoms with Gasteiger partial charge in [0.15, 0.2) is 0 Å². The Hall–Kier alpha value is -3.50. The number of rotatable bonds is 5. The highest BCUT2D eigenvalue weighted by atomic mass is 16.5. The molecule has 1 unspecified atom stereocenters. The molecule has 2 N–H and O–H groups in total. The molecular weight excluding hydrogens is 408 g/mol. The molecule has 5 rings (SSSR count). The fraction of sp³-hybridized carbons (Fsp3) is 0.364. The number of nitrogens with zero attached hydrogens (tertiary/aromatic N) is 6. The van der Waals surface area contributed by atoms with Crippen LogP contribution in [0, 0.1) is 6.92 Å². The molecule has 1 aromatic heterocycles. The van der Waals surface area contributed by atoms with E-state index in [0.717, 1.165) is 24.5 Å². The summed E-state index contributed by atoms with van der Waals surface area (Å²) in [5.41, 5.74) is 3.09. The number of nitrogens with one attached hydrogen (secondary N) is 2. The monoisotopic (exact) mass is 434 g/mol. The van der Waals surface area contributed by atoms with Crippen molar-refractivity contribution >= 4 is 23.6 Å². The van der Waals surface area contributed by atoms with Crippen molar-refractivity contribution in [3.05, 3.63) is 59.9 Å². The Balaban J connectivity index is 1.31. The lowest BCUT2D eigenvalue weighted by molar-refractivity contribution is -0.0126. The van der Waals surface area contributed by atoms with Crippen molar-refractivity contribution in [2.45, 2.75) is 19.6 Å². The Morgan fingerprint density at radius 1 is 1.19 bits per heavy atom. The maximum Gasteiger partial charge on any atom is 0.318 e. The number of amidine groups is 1. The van der Waals surface area contributed by atoms with Gasteiger partial charge in [-0.3, -0.25) is 15.2 Å². The van der Waals surface area contributed by atoms with Crippen molar-refractivity contribution in [3.63, 3.8) is 0 Å². The van der Waals surface area contributed by atoms with Gasteiger partial charge in [-0.25, -0.2) is 0 Å². The number of benzene rings is 1. The number of fused-ring (bicyclic) bond motifs is 1. The minimum absolute atomic E-state index is 0.336. The van der Waals surface area contributed by atoms with Crippen LogP contribution in [0.25, 0.3) is 0 Å². The first kappa shape index (κ1) is 20.4. The number of hydrogen-bond donors (Lipinski definition) is 2. The van der Waals surface area contributed by atoms with Gasteiger partial charge in [0.2, 0.25) is 18.2 Å². The summed E-state index contributed by atoms with van der Waals surface area (Å²) >= 11 is 0. The molecule has 1 fully saturated rings. The van der Waals surface area contributed by atoms with Crippen molar-refractivity contribution < 1.29 is 9.47 Å². The second-order valence-electron chi connectivity index (χ2n) is 7.67.